The van der Waals surface area contributed by atoms with E-state index >= 15 is 0 Å². The summed E-state index contributed by atoms with van der Waals surface area (Å²) in [5.41, 5.74) is 0. The highest BCUT2D eigenvalue weighted by molar-refractivity contribution is 4.83. The van der Waals surface area contributed by atoms with Crippen LogP contribution in [0.15, 0.2) is 0 Å². The minimum atomic E-state index is 0.177. The van der Waals surface area contributed by atoms with E-state index in [2.05, 4.69) is 6.92 Å². The Morgan fingerprint density at radius 1 is 1.18 bits per heavy atom. The molecule has 1 heterocycles. The van der Waals surface area contributed by atoms with Crippen molar-refractivity contribution >= 4 is 0 Å². The molecule has 0 aromatic carbocycles. The van der Waals surface area contributed by atoms with Crippen LogP contribution in [0.3, 0.4) is 0 Å². The third-order valence-electron chi connectivity index (χ3n) is 2.21. The average Bonchev–Trinajstić information content (AvgIpc) is 2.77. The molecule has 1 rings (SSSR count). The van der Waals surface area contributed by atoms with Crippen LogP contribution in [0.2, 0.25) is 0 Å². The molecule has 1 aliphatic rings. The first-order valence-electron chi connectivity index (χ1n) is 4.64. The molecule has 0 spiro atoms. The van der Waals surface area contributed by atoms with Gasteiger partial charge in [-0.25, -0.2) is 0 Å². The van der Waals surface area contributed by atoms with Crippen molar-refractivity contribution in [1.82, 2.24) is 0 Å². The van der Waals surface area contributed by atoms with Gasteiger partial charge in [0.2, 0.25) is 0 Å². The highest BCUT2D eigenvalue weighted by Gasteiger charge is 2.36. The molecule has 0 aliphatic carbocycles. The lowest BCUT2D eigenvalue weighted by atomic mass is 10.1. The van der Waals surface area contributed by atoms with Crippen LogP contribution in [0.4, 0.5) is 0 Å². The molecule has 2 heteroatoms. The molecule has 1 N–H and O–H groups in total. The van der Waals surface area contributed by atoms with E-state index in [1.807, 2.05) is 0 Å². The summed E-state index contributed by atoms with van der Waals surface area (Å²) >= 11 is 0. The Morgan fingerprint density at radius 3 is 2.55 bits per heavy atom. The lowest BCUT2D eigenvalue weighted by molar-refractivity contribution is 0.241. The zero-order chi connectivity index (χ0) is 8.10. The second-order valence-corrected chi connectivity index (χ2v) is 3.24. The van der Waals surface area contributed by atoms with Crippen LogP contribution < -0.4 is 0 Å². The number of aliphatic hydroxyl groups excluding tert-OH is 1. The molecular weight excluding hydrogens is 140 g/mol. The second-order valence-electron chi connectivity index (χ2n) is 3.24. The van der Waals surface area contributed by atoms with Gasteiger partial charge in [0.25, 0.3) is 0 Å². The fraction of sp³-hybridized carbons (Fsp3) is 1.00. The fourth-order valence-corrected chi connectivity index (χ4v) is 1.37. The van der Waals surface area contributed by atoms with Gasteiger partial charge in [0.15, 0.2) is 0 Å². The number of rotatable bonds is 6. The van der Waals surface area contributed by atoms with Crippen LogP contribution in [0.5, 0.6) is 0 Å². The number of ether oxygens (including phenoxy) is 1. The predicted molar refractivity (Wildman–Crippen MR) is 44.5 cm³/mol. The van der Waals surface area contributed by atoms with Crippen LogP contribution in [0.25, 0.3) is 0 Å². The Kier molecular flexibility index (Phi) is 3.87. The molecule has 0 aromatic rings. The molecule has 0 radical (unpaired) electrons. The quantitative estimate of drug-likeness (QED) is 0.471. The Balaban J connectivity index is 1.82. The lowest BCUT2D eigenvalue weighted by Crippen LogP contribution is -1.98. The van der Waals surface area contributed by atoms with E-state index in [1.165, 1.54) is 25.7 Å². The average molecular weight is 158 g/mol. The standard InChI is InChI=1S/C9H18O2/c1-2-3-4-5-6-8-9(7-10)11-8/h8-10H,2-7H2,1H3/t8-,9-/m1/s1. The first kappa shape index (κ1) is 9.01. The molecule has 1 aliphatic heterocycles. The van der Waals surface area contributed by atoms with Crippen LogP contribution in [-0.4, -0.2) is 23.9 Å². The highest BCUT2D eigenvalue weighted by atomic mass is 16.6. The topological polar surface area (TPSA) is 32.8 Å². The minimum absolute atomic E-state index is 0.177. The molecular formula is C9H18O2. The molecule has 0 saturated carbocycles. The van der Waals surface area contributed by atoms with Gasteiger partial charge in [0.05, 0.1) is 12.7 Å². The van der Waals surface area contributed by atoms with Crippen molar-refractivity contribution in [2.24, 2.45) is 0 Å². The van der Waals surface area contributed by atoms with Crippen molar-refractivity contribution in [3.05, 3.63) is 0 Å². The van der Waals surface area contributed by atoms with E-state index in [0.29, 0.717) is 6.10 Å². The summed E-state index contributed by atoms with van der Waals surface area (Å²) in [6.07, 6.45) is 6.90. The fourth-order valence-electron chi connectivity index (χ4n) is 1.37. The normalized spacial score (nSPS) is 28.9. The van der Waals surface area contributed by atoms with Crippen LogP contribution in [0, 0.1) is 0 Å². The number of epoxide rings is 1. The van der Waals surface area contributed by atoms with E-state index in [9.17, 15) is 0 Å². The molecule has 0 unspecified atom stereocenters. The van der Waals surface area contributed by atoms with E-state index in [0.717, 1.165) is 6.42 Å². The van der Waals surface area contributed by atoms with Gasteiger partial charge >= 0.3 is 0 Å². The zero-order valence-corrected chi connectivity index (χ0v) is 7.25. The van der Waals surface area contributed by atoms with E-state index in [-0.39, 0.29) is 12.7 Å². The van der Waals surface area contributed by atoms with Crippen LogP contribution in [-0.2, 0) is 4.74 Å². The Hall–Kier alpha value is -0.0800. The third-order valence-corrected chi connectivity index (χ3v) is 2.21. The molecule has 0 bridgehead atoms. The highest BCUT2D eigenvalue weighted by Crippen LogP contribution is 2.26. The Labute approximate surface area is 68.6 Å². The second kappa shape index (κ2) is 4.73. The first-order chi connectivity index (χ1) is 5.38. The van der Waals surface area contributed by atoms with E-state index < -0.39 is 0 Å². The van der Waals surface area contributed by atoms with Gasteiger partial charge in [0.1, 0.15) is 6.10 Å². The molecule has 66 valence electrons. The van der Waals surface area contributed by atoms with Gasteiger partial charge in [-0.1, -0.05) is 32.6 Å². The van der Waals surface area contributed by atoms with Crippen molar-refractivity contribution in [2.45, 2.75) is 51.2 Å². The van der Waals surface area contributed by atoms with Crippen molar-refractivity contribution < 1.29 is 9.84 Å². The number of hydrogen-bond donors (Lipinski definition) is 1. The molecule has 1 saturated heterocycles. The molecule has 0 amide bonds. The largest absolute Gasteiger partial charge is 0.394 e. The number of hydrogen-bond acceptors (Lipinski definition) is 2. The summed E-state index contributed by atoms with van der Waals surface area (Å²) in [5.74, 6) is 0. The summed E-state index contributed by atoms with van der Waals surface area (Å²) < 4.78 is 5.20. The summed E-state index contributed by atoms with van der Waals surface area (Å²) in [5, 5.41) is 8.65. The Morgan fingerprint density at radius 2 is 2.00 bits per heavy atom. The van der Waals surface area contributed by atoms with Gasteiger partial charge in [-0.15, -0.1) is 0 Å². The zero-order valence-electron chi connectivity index (χ0n) is 7.25. The number of unbranched alkanes of at least 4 members (excludes halogenated alkanes) is 3. The maximum Gasteiger partial charge on any atom is 0.107 e. The maximum absolute atomic E-state index is 8.65. The summed E-state index contributed by atoms with van der Waals surface area (Å²) in [6, 6.07) is 0. The molecule has 0 aromatic heterocycles. The molecule has 2 nitrogen and oxygen atoms in total. The smallest absolute Gasteiger partial charge is 0.107 e. The van der Waals surface area contributed by atoms with Crippen LogP contribution >= 0.6 is 0 Å². The summed E-state index contributed by atoms with van der Waals surface area (Å²) in [4.78, 5) is 0. The molecule has 11 heavy (non-hydrogen) atoms. The lowest BCUT2D eigenvalue weighted by Gasteiger charge is -1.94. The SMILES string of the molecule is CCCCCC[C@H]1O[C@@H]1CO. The van der Waals surface area contributed by atoms with Crippen molar-refractivity contribution in [3.63, 3.8) is 0 Å². The van der Waals surface area contributed by atoms with Gasteiger partial charge in [-0.3, -0.25) is 0 Å². The summed E-state index contributed by atoms with van der Waals surface area (Å²) in [7, 11) is 0. The number of aliphatic hydroxyl groups is 1. The van der Waals surface area contributed by atoms with Gasteiger partial charge in [-0.05, 0) is 6.42 Å². The monoisotopic (exact) mass is 158 g/mol. The molecule has 2 atom stereocenters. The summed E-state index contributed by atoms with van der Waals surface area (Å²) in [6.45, 7) is 2.42. The third kappa shape index (κ3) is 3.21. The van der Waals surface area contributed by atoms with Gasteiger partial charge in [0, 0.05) is 0 Å². The van der Waals surface area contributed by atoms with Gasteiger partial charge < -0.3 is 9.84 Å². The van der Waals surface area contributed by atoms with E-state index in [4.69, 9.17) is 9.84 Å². The van der Waals surface area contributed by atoms with Crippen molar-refractivity contribution in [1.29, 1.82) is 0 Å². The molecule has 1 fully saturated rings. The Bertz CT molecular complexity index is 104. The van der Waals surface area contributed by atoms with Crippen molar-refractivity contribution in [3.8, 4) is 0 Å². The predicted octanol–water partition coefficient (Wildman–Crippen LogP) is 1.72. The van der Waals surface area contributed by atoms with Crippen LogP contribution in [0.1, 0.15) is 39.0 Å². The first-order valence-corrected chi connectivity index (χ1v) is 4.64. The van der Waals surface area contributed by atoms with Crippen molar-refractivity contribution in [2.75, 3.05) is 6.61 Å². The van der Waals surface area contributed by atoms with E-state index in [1.54, 1.807) is 0 Å². The maximum atomic E-state index is 8.65. The van der Waals surface area contributed by atoms with Gasteiger partial charge in [-0.2, -0.15) is 0 Å². The minimum Gasteiger partial charge on any atom is -0.394 e.